The molecular weight excluding hydrogens is 268 g/mol. The van der Waals surface area contributed by atoms with Crippen molar-refractivity contribution in [2.75, 3.05) is 7.11 Å². The Bertz CT molecular complexity index is 499. The van der Waals surface area contributed by atoms with Gasteiger partial charge < -0.3 is 9.16 Å². The van der Waals surface area contributed by atoms with Gasteiger partial charge in [0.05, 0.1) is 7.11 Å². The second-order valence-corrected chi connectivity index (χ2v) is 11.0. The molecule has 0 aliphatic rings. The van der Waals surface area contributed by atoms with Crippen LogP contribution in [0.5, 0.6) is 11.5 Å². The molecule has 0 atom stereocenters. The van der Waals surface area contributed by atoms with Crippen molar-refractivity contribution in [3.63, 3.8) is 0 Å². The number of aldehydes is 1. The zero-order chi connectivity index (χ0) is 15.4. The Morgan fingerprint density at radius 2 is 1.80 bits per heavy atom. The number of allylic oxidation sites excluding steroid dienone is 1. The third-order valence-corrected chi connectivity index (χ3v) is 8.07. The Labute approximate surface area is 122 Å². The van der Waals surface area contributed by atoms with Crippen LogP contribution < -0.4 is 9.16 Å². The first-order valence-corrected chi connectivity index (χ1v) is 9.61. The standard InChI is InChI=1S/C16H24O3Si/c1-16(2,3)20(5,6)19-14-10-9-13(8-7-11-17)12-15(14)18-4/h7-12H,1-6H3. The Morgan fingerprint density at radius 1 is 1.15 bits per heavy atom. The summed E-state index contributed by atoms with van der Waals surface area (Å²) in [6, 6.07) is 5.71. The lowest BCUT2D eigenvalue weighted by molar-refractivity contribution is -0.104. The molecule has 0 saturated carbocycles. The second kappa shape index (κ2) is 6.26. The lowest BCUT2D eigenvalue weighted by atomic mass is 10.2. The lowest BCUT2D eigenvalue weighted by Crippen LogP contribution is -2.43. The van der Waals surface area contributed by atoms with Crippen LogP contribution in [0.2, 0.25) is 18.1 Å². The van der Waals surface area contributed by atoms with Crippen LogP contribution in [0.4, 0.5) is 0 Å². The van der Waals surface area contributed by atoms with Gasteiger partial charge >= 0.3 is 0 Å². The number of carbonyl (C=O) groups is 1. The molecule has 0 N–H and O–H groups in total. The van der Waals surface area contributed by atoms with Gasteiger partial charge in [-0.15, -0.1) is 0 Å². The zero-order valence-electron chi connectivity index (χ0n) is 13.2. The average Bonchev–Trinajstić information content (AvgIpc) is 2.35. The molecule has 0 bridgehead atoms. The van der Waals surface area contributed by atoms with Gasteiger partial charge in [-0.25, -0.2) is 0 Å². The van der Waals surface area contributed by atoms with Crippen molar-refractivity contribution < 1.29 is 14.0 Å². The predicted molar refractivity (Wildman–Crippen MR) is 85.9 cm³/mol. The molecule has 0 spiro atoms. The van der Waals surface area contributed by atoms with Gasteiger partial charge in [-0.2, -0.15) is 0 Å². The minimum Gasteiger partial charge on any atom is -0.541 e. The number of hydrogen-bond donors (Lipinski definition) is 0. The Kier molecular flexibility index (Phi) is 5.17. The van der Waals surface area contributed by atoms with Gasteiger partial charge in [0.15, 0.2) is 5.75 Å². The van der Waals surface area contributed by atoms with Crippen LogP contribution in [0.1, 0.15) is 26.3 Å². The van der Waals surface area contributed by atoms with Gasteiger partial charge in [0.25, 0.3) is 8.32 Å². The molecule has 0 radical (unpaired) electrons. The molecule has 0 fully saturated rings. The maximum atomic E-state index is 10.4. The SMILES string of the molecule is COc1cc(C=CC=O)ccc1O[Si](C)(C)C(C)(C)C. The van der Waals surface area contributed by atoms with Gasteiger partial charge in [-0.05, 0) is 41.9 Å². The van der Waals surface area contributed by atoms with Crippen molar-refractivity contribution in [1.82, 2.24) is 0 Å². The highest BCUT2D eigenvalue weighted by Crippen LogP contribution is 2.40. The van der Waals surface area contributed by atoms with Crippen molar-refractivity contribution in [3.8, 4) is 11.5 Å². The van der Waals surface area contributed by atoms with Crippen molar-refractivity contribution in [2.45, 2.75) is 38.9 Å². The molecule has 1 rings (SSSR count). The fraction of sp³-hybridized carbons (Fsp3) is 0.438. The molecule has 4 heteroatoms. The van der Waals surface area contributed by atoms with Crippen molar-refractivity contribution in [1.29, 1.82) is 0 Å². The van der Waals surface area contributed by atoms with E-state index in [1.165, 1.54) is 6.08 Å². The smallest absolute Gasteiger partial charge is 0.250 e. The van der Waals surface area contributed by atoms with Gasteiger partial charge in [0, 0.05) is 0 Å². The van der Waals surface area contributed by atoms with Crippen molar-refractivity contribution >= 4 is 20.7 Å². The van der Waals surface area contributed by atoms with E-state index in [9.17, 15) is 4.79 Å². The van der Waals surface area contributed by atoms with E-state index < -0.39 is 8.32 Å². The first-order chi connectivity index (χ1) is 9.21. The molecule has 0 aliphatic heterocycles. The molecule has 0 heterocycles. The number of rotatable bonds is 5. The highest BCUT2D eigenvalue weighted by Gasteiger charge is 2.39. The summed E-state index contributed by atoms with van der Waals surface area (Å²) in [6.07, 6.45) is 3.96. The molecule has 0 amide bonds. The topological polar surface area (TPSA) is 35.5 Å². The second-order valence-electron chi connectivity index (χ2n) is 6.27. The lowest BCUT2D eigenvalue weighted by Gasteiger charge is -2.36. The van der Waals surface area contributed by atoms with Crippen LogP contribution in [-0.4, -0.2) is 21.7 Å². The van der Waals surface area contributed by atoms with Crippen LogP contribution in [0.3, 0.4) is 0 Å². The van der Waals surface area contributed by atoms with E-state index in [-0.39, 0.29) is 5.04 Å². The fourth-order valence-corrected chi connectivity index (χ4v) is 2.48. The van der Waals surface area contributed by atoms with Crippen LogP contribution >= 0.6 is 0 Å². The summed E-state index contributed by atoms with van der Waals surface area (Å²) in [7, 11) is -0.264. The van der Waals surface area contributed by atoms with Crippen LogP contribution in [0, 0.1) is 0 Å². The number of hydrogen-bond acceptors (Lipinski definition) is 3. The Hall–Kier alpha value is -1.55. The summed E-state index contributed by atoms with van der Waals surface area (Å²) in [4.78, 5) is 10.4. The van der Waals surface area contributed by atoms with Gasteiger partial charge in [-0.1, -0.05) is 32.9 Å². The molecule has 0 saturated heterocycles. The number of benzene rings is 1. The largest absolute Gasteiger partial charge is 0.541 e. The maximum absolute atomic E-state index is 10.4. The summed E-state index contributed by atoms with van der Waals surface area (Å²) < 4.78 is 11.7. The average molecular weight is 292 g/mol. The van der Waals surface area contributed by atoms with Crippen LogP contribution in [0.15, 0.2) is 24.3 Å². The summed E-state index contributed by atoms with van der Waals surface area (Å²) in [5, 5.41) is 0.133. The third kappa shape index (κ3) is 3.97. The van der Waals surface area contributed by atoms with E-state index >= 15 is 0 Å². The van der Waals surface area contributed by atoms with Gasteiger partial charge in [0.2, 0.25) is 0 Å². The minimum absolute atomic E-state index is 0.133. The zero-order valence-corrected chi connectivity index (χ0v) is 14.2. The maximum Gasteiger partial charge on any atom is 0.250 e. The third-order valence-electron chi connectivity index (χ3n) is 3.73. The molecular formula is C16H24O3Si. The molecule has 110 valence electrons. The molecule has 0 unspecified atom stereocenters. The van der Waals surface area contributed by atoms with E-state index in [0.717, 1.165) is 17.6 Å². The number of methoxy groups -OCH3 is 1. The minimum atomic E-state index is -1.89. The van der Waals surface area contributed by atoms with Crippen molar-refractivity contribution in [2.24, 2.45) is 0 Å². The van der Waals surface area contributed by atoms with E-state index in [0.29, 0.717) is 5.75 Å². The van der Waals surface area contributed by atoms with Crippen LogP contribution in [-0.2, 0) is 4.79 Å². The van der Waals surface area contributed by atoms with E-state index in [4.69, 9.17) is 9.16 Å². The monoisotopic (exact) mass is 292 g/mol. The van der Waals surface area contributed by atoms with Crippen LogP contribution in [0.25, 0.3) is 6.08 Å². The first-order valence-electron chi connectivity index (χ1n) is 6.70. The van der Waals surface area contributed by atoms with Gasteiger partial charge in [-0.3, -0.25) is 4.79 Å². The summed E-state index contributed by atoms with van der Waals surface area (Å²) in [5.41, 5.74) is 0.913. The quantitative estimate of drug-likeness (QED) is 0.461. The number of carbonyl (C=O) groups excluding carboxylic acids is 1. The van der Waals surface area contributed by atoms with E-state index in [1.807, 2.05) is 18.2 Å². The molecule has 0 aromatic heterocycles. The van der Waals surface area contributed by atoms with Gasteiger partial charge in [0.1, 0.15) is 12.0 Å². The molecule has 1 aromatic rings. The summed E-state index contributed by atoms with van der Waals surface area (Å²) >= 11 is 0. The molecule has 3 nitrogen and oxygen atoms in total. The Balaban J connectivity index is 3.08. The van der Waals surface area contributed by atoms with E-state index in [2.05, 4.69) is 33.9 Å². The van der Waals surface area contributed by atoms with E-state index in [1.54, 1.807) is 13.2 Å². The Morgan fingerprint density at radius 3 is 2.30 bits per heavy atom. The molecule has 20 heavy (non-hydrogen) atoms. The fourth-order valence-electron chi connectivity index (χ4n) is 1.45. The molecule has 1 aromatic carbocycles. The number of ether oxygens (including phenoxy) is 1. The molecule has 0 aliphatic carbocycles. The normalized spacial score (nSPS) is 12.5. The summed E-state index contributed by atoms with van der Waals surface area (Å²) in [6.45, 7) is 11.0. The highest BCUT2D eigenvalue weighted by molar-refractivity contribution is 6.74. The first kappa shape index (κ1) is 16.5. The summed E-state index contributed by atoms with van der Waals surface area (Å²) in [5.74, 6) is 1.46. The predicted octanol–water partition coefficient (Wildman–Crippen LogP) is 4.29. The highest BCUT2D eigenvalue weighted by atomic mass is 28.4. The van der Waals surface area contributed by atoms with Crippen molar-refractivity contribution in [3.05, 3.63) is 29.8 Å².